The van der Waals surface area contributed by atoms with Gasteiger partial charge in [-0.3, -0.25) is 9.59 Å². The first-order valence-electron chi connectivity index (χ1n) is 13.4. The first kappa shape index (κ1) is 27.4. The summed E-state index contributed by atoms with van der Waals surface area (Å²) < 4.78 is 5.21. The lowest BCUT2D eigenvalue weighted by molar-refractivity contribution is -0.113. The number of carbonyl (C=O) groups excluding carboxylic acids is 2. The molecule has 208 valence electrons. The van der Waals surface area contributed by atoms with Crippen molar-refractivity contribution >= 4 is 61.5 Å². The Kier molecular flexibility index (Phi) is 8.04. The molecule has 0 bridgehead atoms. The number of amides is 1. The van der Waals surface area contributed by atoms with Crippen LogP contribution >= 0.6 is 34.4 Å². The second-order valence-corrected chi connectivity index (χ2v) is 12.5. The van der Waals surface area contributed by atoms with Crippen LogP contribution in [0.3, 0.4) is 0 Å². The summed E-state index contributed by atoms with van der Waals surface area (Å²) in [5.74, 6) is -0.790. The van der Waals surface area contributed by atoms with Crippen molar-refractivity contribution in [1.82, 2.24) is 9.97 Å². The predicted octanol–water partition coefficient (Wildman–Crippen LogP) is 7.17. The van der Waals surface area contributed by atoms with E-state index in [1.54, 1.807) is 13.0 Å². The van der Waals surface area contributed by atoms with Gasteiger partial charge in [-0.1, -0.05) is 60.3 Å². The molecule has 41 heavy (non-hydrogen) atoms. The number of carbonyl (C=O) groups is 2. The molecule has 0 unspecified atom stereocenters. The smallest absolute Gasteiger partial charge is 0.341 e. The highest BCUT2D eigenvalue weighted by Crippen LogP contribution is 2.37. The van der Waals surface area contributed by atoms with Crippen LogP contribution in [-0.4, -0.2) is 34.2 Å². The number of nitrogens with one attached hydrogen (secondary N) is 2. The first-order chi connectivity index (χ1) is 20.0. The van der Waals surface area contributed by atoms with E-state index >= 15 is 0 Å². The van der Waals surface area contributed by atoms with E-state index in [2.05, 4.69) is 33.5 Å². The Morgan fingerprint density at radius 2 is 1.85 bits per heavy atom. The molecule has 0 fully saturated rings. The molecular formula is C31H27N3O4S3. The van der Waals surface area contributed by atoms with Gasteiger partial charge >= 0.3 is 5.97 Å². The number of anilines is 1. The molecule has 7 nitrogen and oxygen atoms in total. The Balaban J connectivity index is 1.19. The first-order valence-corrected chi connectivity index (χ1v) is 16.1. The summed E-state index contributed by atoms with van der Waals surface area (Å²) in [6.07, 6.45) is 4.61. The van der Waals surface area contributed by atoms with Crippen LogP contribution in [0.5, 0.6) is 0 Å². The maximum atomic E-state index is 13.1. The number of hydrogen-bond donors (Lipinski definition) is 2. The van der Waals surface area contributed by atoms with E-state index in [0.717, 1.165) is 46.2 Å². The topological polar surface area (TPSA) is 101 Å². The van der Waals surface area contributed by atoms with Crippen molar-refractivity contribution in [3.8, 4) is 21.6 Å². The third-order valence-corrected chi connectivity index (χ3v) is 9.81. The molecule has 3 heterocycles. The molecule has 1 aliphatic carbocycles. The van der Waals surface area contributed by atoms with Crippen LogP contribution in [0, 0.1) is 0 Å². The minimum absolute atomic E-state index is 0.0122. The summed E-state index contributed by atoms with van der Waals surface area (Å²) in [4.78, 5) is 47.6. The number of H-pyrrole nitrogens is 1. The zero-order valence-electron chi connectivity index (χ0n) is 22.3. The van der Waals surface area contributed by atoms with Crippen LogP contribution < -0.4 is 10.9 Å². The summed E-state index contributed by atoms with van der Waals surface area (Å²) in [7, 11) is 0. The third-order valence-electron chi connectivity index (χ3n) is 6.96. The number of esters is 1. The van der Waals surface area contributed by atoms with Gasteiger partial charge in [0.05, 0.1) is 23.3 Å². The van der Waals surface area contributed by atoms with Crippen molar-refractivity contribution in [2.24, 2.45) is 0 Å². The highest BCUT2D eigenvalue weighted by Gasteiger charge is 2.21. The third kappa shape index (κ3) is 5.86. The number of ether oxygens (including phenoxy) is 1. The molecule has 0 atom stereocenters. The summed E-state index contributed by atoms with van der Waals surface area (Å²) >= 11 is 3.89. The zero-order chi connectivity index (χ0) is 28.3. The van der Waals surface area contributed by atoms with Gasteiger partial charge in [0.15, 0.2) is 5.16 Å². The molecule has 0 radical (unpaired) electrons. The number of rotatable bonds is 8. The summed E-state index contributed by atoms with van der Waals surface area (Å²) in [6, 6.07) is 17.9. The van der Waals surface area contributed by atoms with Gasteiger partial charge in [-0.2, -0.15) is 0 Å². The molecule has 6 rings (SSSR count). The normalized spacial score (nSPS) is 12.7. The van der Waals surface area contributed by atoms with Crippen molar-refractivity contribution < 1.29 is 14.3 Å². The van der Waals surface area contributed by atoms with E-state index in [9.17, 15) is 14.4 Å². The summed E-state index contributed by atoms with van der Waals surface area (Å²) in [5, 5.41) is 6.21. The lowest BCUT2D eigenvalue weighted by atomic mass is 9.89. The van der Waals surface area contributed by atoms with E-state index < -0.39 is 5.97 Å². The van der Waals surface area contributed by atoms with Crippen LogP contribution in [0.2, 0.25) is 0 Å². The molecule has 5 aromatic rings. The number of fused-ring (bicyclic) bond motifs is 2. The lowest BCUT2D eigenvalue weighted by Crippen LogP contribution is -2.17. The second-order valence-electron chi connectivity index (χ2n) is 9.67. The highest BCUT2D eigenvalue weighted by atomic mass is 32.2. The average molecular weight is 602 g/mol. The fraction of sp³-hybridized carbons (Fsp3) is 0.226. The van der Waals surface area contributed by atoms with E-state index in [1.165, 1.54) is 46.6 Å². The maximum Gasteiger partial charge on any atom is 0.341 e. The molecule has 0 saturated heterocycles. The molecule has 1 aliphatic rings. The molecule has 0 saturated carbocycles. The van der Waals surface area contributed by atoms with E-state index in [-0.39, 0.29) is 23.8 Å². The monoisotopic (exact) mass is 601 g/mol. The van der Waals surface area contributed by atoms with E-state index in [1.807, 2.05) is 35.7 Å². The van der Waals surface area contributed by atoms with Crippen LogP contribution in [-0.2, 0) is 22.4 Å². The Morgan fingerprint density at radius 3 is 2.66 bits per heavy atom. The molecule has 1 amide bonds. The minimum atomic E-state index is -0.488. The Hall–Kier alpha value is -3.73. The molecular weight excluding hydrogens is 575 g/mol. The Labute approximate surface area is 249 Å². The Bertz CT molecular complexity index is 1810. The average Bonchev–Trinajstić information content (AvgIpc) is 3.61. The Morgan fingerprint density at radius 1 is 1.05 bits per heavy atom. The SMILES string of the molecule is CCOC(=O)c1cc(-c2ccccc2)sc1NC(=O)CSc1nc2scc(-c3ccc4c(c3)CCCC4)c2c(=O)[nH]1. The van der Waals surface area contributed by atoms with Crippen LogP contribution in [0.15, 0.2) is 69.9 Å². The fourth-order valence-electron chi connectivity index (χ4n) is 5.00. The van der Waals surface area contributed by atoms with Crippen molar-refractivity contribution in [2.75, 3.05) is 17.7 Å². The summed E-state index contributed by atoms with van der Waals surface area (Å²) in [5.41, 5.74) is 5.73. The molecule has 0 spiro atoms. The maximum absolute atomic E-state index is 13.1. The molecule has 3 aromatic heterocycles. The van der Waals surface area contributed by atoms with Gasteiger partial charge in [0.1, 0.15) is 9.83 Å². The number of benzene rings is 2. The number of aromatic nitrogens is 2. The number of thiophene rings is 2. The van der Waals surface area contributed by atoms with E-state index in [4.69, 9.17) is 4.74 Å². The number of aryl methyl sites for hydroxylation is 2. The molecule has 2 aromatic carbocycles. The molecule has 2 N–H and O–H groups in total. The van der Waals surface area contributed by atoms with Crippen molar-refractivity contribution in [2.45, 2.75) is 37.8 Å². The van der Waals surface area contributed by atoms with Crippen molar-refractivity contribution in [3.63, 3.8) is 0 Å². The number of hydrogen-bond acceptors (Lipinski definition) is 8. The quantitative estimate of drug-likeness (QED) is 0.111. The predicted molar refractivity (Wildman–Crippen MR) is 167 cm³/mol. The summed E-state index contributed by atoms with van der Waals surface area (Å²) in [6.45, 7) is 1.97. The minimum Gasteiger partial charge on any atom is -0.462 e. The molecule has 0 aliphatic heterocycles. The van der Waals surface area contributed by atoms with Gasteiger partial charge in [0, 0.05) is 15.8 Å². The van der Waals surface area contributed by atoms with Gasteiger partial charge in [0.2, 0.25) is 5.91 Å². The number of aromatic amines is 1. The molecule has 10 heteroatoms. The standard InChI is InChI=1S/C31H27N3O4S3/c1-2-38-30(37)22-15-24(19-9-4-3-5-10-19)41-28(22)32-25(35)17-40-31-33-27(36)26-23(16-39-29(26)34-31)21-13-12-18-8-6-7-11-20(18)14-21/h3-5,9-10,12-16H,2,6-8,11,17H2,1H3,(H,32,35)(H,33,34,36). The number of thioether (sulfide) groups is 1. The van der Waals surface area contributed by atoms with Crippen molar-refractivity contribution in [3.05, 3.63) is 87.0 Å². The van der Waals surface area contributed by atoms with Gasteiger partial charge in [0.25, 0.3) is 5.56 Å². The van der Waals surface area contributed by atoms with Crippen LogP contribution in [0.4, 0.5) is 5.00 Å². The van der Waals surface area contributed by atoms with Gasteiger partial charge in [-0.05, 0) is 60.9 Å². The van der Waals surface area contributed by atoms with Crippen molar-refractivity contribution in [1.29, 1.82) is 0 Å². The van der Waals surface area contributed by atoms with Gasteiger partial charge in [-0.25, -0.2) is 9.78 Å². The lowest BCUT2D eigenvalue weighted by Gasteiger charge is -2.16. The zero-order valence-corrected chi connectivity index (χ0v) is 24.8. The second kappa shape index (κ2) is 12.0. The van der Waals surface area contributed by atoms with Crippen LogP contribution in [0.25, 0.3) is 31.8 Å². The van der Waals surface area contributed by atoms with E-state index in [0.29, 0.717) is 25.9 Å². The largest absolute Gasteiger partial charge is 0.462 e. The van der Waals surface area contributed by atoms with Gasteiger partial charge < -0.3 is 15.0 Å². The van der Waals surface area contributed by atoms with Crippen LogP contribution in [0.1, 0.15) is 41.3 Å². The highest BCUT2D eigenvalue weighted by molar-refractivity contribution is 7.99. The number of nitrogens with zero attached hydrogens (tertiary/aromatic N) is 1. The fourth-order valence-corrected chi connectivity index (χ4v) is 7.73. The van der Waals surface area contributed by atoms with Gasteiger partial charge in [-0.15, -0.1) is 22.7 Å².